The van der Waals surface area contributed by atoms with Crippen molar-refractivity contribution < 1.29 is 44.5 Å². The van der Waals surface area contributed by atoms with Crippen molar-refractivity contribution in [2.24, 2.45) is 28.6 Å². The molecule has 13 atom stereocenters. The fraction of sp³-hybridized carbons (Fsp3) is 0.897. The van der Waals surface area contributed by atoms with Crippen molar-refractivity contribution in [3.63, 3.8) is 0 Å². The number of esters is 1. The number of carbonyl (C=O) groups excluding carboxylic acids is 1. The quantitative estimate of drug-likeness (QED) is 0.268. The number of hydrogen-bond acceptors (Lipinski definition) is 9. The van der Waals surface area contributed by atoms with Gasteiger partial charge >= 0.3 is 5.97 Å². The van der Waals surface area contributed by atoms with E-state index in [-0.39, 0.29) is 40.7 Å². The van der Waals surface area contributed by atoms with Gasteiger partial charge in [0.05, 0.1) is 23.4 Å². The topological polar surface area (TPSA) is 146 Å². The van der Waals surface area contributed by atoms with Crippen molar-refractivity contribution in [3.8, 4) is 0 Å². The molecule has 0 aromatic heterocycles. The highest BCUT2D eigenvalue weighted by Gasteiger charge is 2.70. The van der Waals surface area contributed by atoms with Crippen LogP contribution in [0.3, 0.4) is 0 Å². The summed E-state index contributed by atoms with van der Waals surface area (Å²) in [6.07, 6.45) is 2.01. The normalized spacial score (nSPS) is 56.5. The second kappa shape index (κ2) is 8.96. The van der Waals surface area contributed by atoms with Crippen LogP contribution < -0.4 is 0 Å². The van der Waals surface area contributed by atoms with Gasteiger partial charge in [-0.1, -0.05) is 13.8 Å². The fourth-order valence-electron chi connectivity index (χ4n) is 9.80. The van der Waals surface area contributed by atoms with Gasteiger partial charge in [0.15, 0.2) is 6.29 Å². The Hall–Kier alpha value is -1.07. The van der Waals surface area contributed by atoms with Gasteiger partial charge in [0.2, 0.25) is 0 Å². The van der Waals surface area contributed by atoms with Crippen LogP contribution in [-0.4, -0.2) is 86.1 Å². The number of fused-ring (bicyclic) bond motifs is 5. The molecule has 38 heavy (non-hydrogen) atoms. The van der Waals surface area contributed by atoms with Gasteiger partial charge in [-0.25, -0.2) is 4.79 Å². The van der Waals surface area contributed by atoms with Crippen LogP contribution >= 0.6 is 0 Å². The Morgan fingerprint density at radius 3 is 2.32 bits per heavy atom. The molecule has 6 rings (SSSR count). The molecule has 0 unspecified atom stereocenters. The van der Waals surface area contributed by atoms with E-state index in [1.807, 2.05) is 0 Å². The van der Waals surface area contributed by atoms with Crippen LogP contribution in [0, 0.1) is 28.6 Å². The predicted octanol–water partition coefficient (Wildman–Crippen LogP) is 1.57. The minimum Gasteiger partial charge on any atom is -0.458 e. The van der Waals surface area contributed by atoms with E-state index in [0.717, 1.165) is 37.7 Å². The maximum Gasteiger partial charge on any atom is 0.331 e. The molecule has 0 aromatic carbocycles. The zero-order valence-corrected chi connectivity index (χ0v) is 22.7. The third kappa shape index (κ3) is 3.65. The molecule has 0 amide bonds. The third-order valence-corrected chi connectivity index (χ3v) is 12.2. The molecule has 9 heteroatoms. The molecular weight excluding hydrogens is 492 g/mol. The van der Waals surface area contributed by atoms with E-state index in [0.29, 0.717) is 32.3 Å². The first-order valence-corrected chi connectivity index (χ1v) is 14.5. The SMILES string of the molecule is C[C@H]1O[C@@H](O[C@H]2CC[C@]3(C)[C@H]4CC[C@]5(C)[C@@H](C6=CC(=O)OC6)CC[C@]5(O)[C@@H]4CC[C@]3(O)C2)[C@H](O)[C@@H](O)[C@H]1O. The minimum absolute atomic E-state index is 0.0774. The average Bonchev–Trinajstić information content (AvgIpc) is 3.41. The van der Waals surface area contributed by atoms with Crippen LogP contribution in [-0.2, 0) is 19.0 Å². The first kappa shape index (κ1) is 27.1. The Bertz CT molecular complexity index is 1000. The number of hydrogen-bond donors (Lipinski definition) is 5. The van der Waals surface area contributed by atoms with Crippen LogP contribution in [0.4, 0.5) is 0 Å². The molecule has 1 saturated heterocycles. The molecule has 4 saturated carbocycles. The Kier molecular flexibility index (Phi) is 6.40. The smallest absolute Gasteiger partial charge is 0.331 e. The molecule has 0 aromatic rings. The molecule has 5 N–H and O–H groups in total. The lowest BCUT2D eigenvalue weighted by molar-refractivity contribution is -0.319. The van der Waals surface area contributed by atoms with Gasteiger partial charge in [-0.05, 0) is 87.0 Å². The first-order valence-electron chi connectivity index (χ1n) is 14.5. The molecule has 0 radical (unpaired) electrons. The van der Waals surface area contributed by atoms with Crippen molar-refractivity contribution in [2.75, 3.05) is 6.61 Å². The maximum atomic E-state index is 12.4. The van der Waals surface area contributed by atoms with E-state index in [2.05, 4.69) is 13.8 Å². The molecule has 9 nitrogen and oxygen atoms in total. The van der Waals surface area contributed by atoms with Gasteiger partial charge in [0.1, 0.15) is 24.9 Å². The summed E-state index contributed by atoms with van der Waals surface area (Å²) in [5, 5.41) is 55.1. The summed E-state index contributed by atoms with van der Waals surface area (Å²) in [7, 11) is 0. The Morgan fingerprint density at radius 1 is 0.895 bits per heavy atom. The first-order chi connectivity index (χ1) is 17.8. The number of aliphatic hydroxyl groups excluding tert-OH is 3. The second-order valence-electron chi connectivity index (χ2n) is 13.7. The lowest BCUT2D eigenvalue weighted by atomic mass is 9.42. The van der Waals surface area contributed by atoms with Crippen LogP contribution in [0.5, 0.6) is 0 Å². The van der Waals surface area contributed by atoms with E-state index in [1.165, 1.54) is 0 Å². The summed E-state index contributed by atoms with van der Waals surface area (Å²) in [5.41, 5.74) is -1.51. The maximum absolute atomic E-state index is 12.4. The highest BCUT2D eigenvalue weighted by molar-refractivity contribution is 5.85. The Balaban J connectivity index is 1.19. The minimum atomic E-state index is -1.36. The van der Waals surface area contributed by atoms with E-state index < -0.39 is 41.9 Å². The van der Waals surface area contributed by atoms with Crippen molar-refractivity contribution in [1.29, 1.82) is 0 Å². The van der Waals surface area contributed by atoms with Gasteiger partial charge in [-0.15, -0.1) is 0 Å². The Labute approximate surface area is 224 Å². The predicted molar refractivity (Wildman–Crippen MR) is 134 cm³/mol. The molecule has 214 valence electrons. The number of aliphatic hydroxyl groups is 5. The summed E-state index contributed by atoms with van der Waals surface area (Å²) in [4.78, 5) is 11.8. The van der Waals surface area contributed by atoms with E-state index in [4.69, 9.17) is 14.2 Å². The van der Waals surface area contributed by atoms with Gasteiger partial charge in [-0.2, -0.15) is 0 Å². The van der Waals surface area contributed by atoms with Gasteiger partial charge in [0, 0.05) is 17.9 Å². The molecule has 5 fully saturated rings. The number of cyclic esters (lactones) is 1. The van der Waals surface area contributed by atoms with Crippen molar-refractivity contribution in [3.05, 3.63) is 11.6 Å². The summed E-state index contributed by atoms with van der Waals surface area (Å²) >= 11 is 0. The molecule has 2 aliphatic heterocycles. The van der Waals surface area contributed by atoms with Crippen molar-refractivity contribution >= 4 is 5.97 Å². The standard InChI is InChI=1S/C29H44O9/c1-15-22(31)23(32)24(33)25(37-15)38-17-4-8-26(2)19-5-9-27(3)18(16-12-21(30)36-14-16)7-11-29(27,35)20(19)6-10-28(26,34)13-17/h12,15,17-20,22-25,31-35H,4-11,13-14H2,1-3H3/t15-,17+,18-,19+,20-,22+,23+,24-,25+,26-,27-,28+,29+/m1/s1. The zero-order valence-electron chi connectivity index (χ0n) is 22.7. The van der Waals surface area contributed by atoms with E-state index in [9.17, 15) is 30.3 Å². The largest absolute Gasteiger partial charge is 0.458 e. The second-order valence-corrected chi connectivity index (χ2v) is 13.7. The van der Waals surface area contributed by atoms with Crippen LogP contribution in [0.15, 0.2) is 11.6 Å². The van der Waals surface area contributed by atoms with Crippen LogP contribution in [0.2, 0.25) is 0 Å². The number of carbonyl (C=O) groups is 1. The third-order valence-electron chi connectivity index (χ3n) is 12.2. The zero-order chi connectivity index (χ0) is 27.3. The summed E-state index contributed by atoms with van der Waals surface area (Å²) < 4.78 is 17.0. The average molecular weight is 537 g/mol. The summed E-state index contributed by atoms with van der Waals surface area (Å²) in [6, 6.07) is 0. The van der Waals surface area contributed by atoms with Gasteiger partial charge in [0.25, 0.3) is 0 Å². The van der Waals surface area contributed by atoms with Crippen molar-refractivity contribution in [1.82, 2.24) is 0 Å². The highest BCUT2D eigenvalue weighted by Crippen LogP contribution is 2.70. The van der Waals surface area contributed by atoms with Crippen molar-refractivity contribution in [2.45, 2.75) is 127 Å². The number of rotatable bonds is 3. The lowest BCUT2D eigenvalue weighted by Gasteiger charge is -2.66. The lowest BCUT2D eigenvalue weighted by Crippen LogP contribution is -2.67. The summed E-state index contributed by atoms with van der Waals surface area (Å²) in [5.74, 6) is 0.0978. The van der Waals surface area contributed by atoms with E-state index >= 15 is 0 Å². The molecule has 4 aliphatic carbocycles. The molecule has 2 heterocycles. The highest BCUT2D eigenvalue weighted by atomic mass is 16.7. The van der Waals surface area contributed by atoms with Crippen LogP contribution in [0.1, 0.15) is 78.6 Å². The molecule has 0 bridgehead atoms. The fourth-order valence-corrected chi connectivity index (χ4v) is 9.80. The monoisotopic (exact) mass is 536 g/mol. The molecule has 0 spiro atoms. The molecule has 6 aliphatic rings. The number of ether oxygens (including phenoxy) is 3. The molecular formula is C29H44O9. The van der Waals surface area contributed by atoms with E-state index in [1.54, 1.807) is 13.0 Å². The van der Waals surface area contributed by atoms with Gasteiger partial charge in [-0.3, -0.25) is 0 Å². The van der Waals surface area contributed by atoms with Gasteiger partial charge < -0.3 is 39.7 Å². The summed E-state index contributed by atoms with van der Waals surface area (Å²) in [6.45, 7) is 6.33. The van der Waals surface area contributed by atoms with Crippen LogP contribution in [0.25, 0.3) is 0 Å². The Morgan fingerprint density at radius 2 is 1.61 bits per heavy atom.